The minimum Gasteiger partial charge on any atom is -0.494 e. The van der Waals surface area contributed by atoms with Gasteiger partial charge in [-0.15, -0.1) is 0 Å². The van der Waals surface area contributed by atoms with Gasteiger partial charge in [-0.1, -0.05) is 39.0 Å². The van der Waals surface area contributed by atoms with Crippen molar-refractivity contribution < 1.29 is 9.53 Å². The molecule has 0 saturated heterocycles. The lowest BCUT2D eigenvalue weighted by atomic mass is 10.2. The Morgan fingerprint density at radius 2 is 1.79 bits per heavy atom. The maximum Gasteiger partial charge on any atom is 0.247 e. The number of benzene rings is 2. The van der Waals surface area contributed by atoms with E-state index in [1.807, 2.05) is 43.4 Å². The van der Waals surface area contributed by atoms with Crippen molar-refractivity contribution in [1.29, 1.82) is 0 Å². The first-order valence-corrected chi connectivity index (χ1v) is 14.4. The average Bonchev–Trinajstić information content (AvgIpc) is 3.02. The number of aromatic nitrogens is 2. The number of nitrogens with zero attached hydrogens (tertiary/aromatic N) is 5. The first-order chi connectivity index (χ1) is 20.9. The van der Waals surface area contributed by atoms with Crippen LogP contribution in [0.2, 0.25) is 0 Å². The molecule has 1 aromatic heterocycles. The maximum absolute atomic E-state index is 12.4. The molecular formula is C32H43N9O2. The lowest BCUT2D eigenvalue weighted by molar-refractivity contribution is -0.111. The van der Waals surface area contributed by atoms with Crippen LogP contribution in [0.15, 0.2) is 78.7 Å². The SMILES string of the molecule is C=CC(=O)Nc1cc(Nc2cc(Nc3ccccc3N=CC=CN)ncn2)c(OC)cc1N(C)CCN(CC)CCCC. The fourth-order valence-corrected chi connectivity index (χ4v) is 4.29. The average molecular weight is 586 g/mol. The number of nitrogens with two attached hydrogens (primary N) is 1. The van der Waals surface area contributed by atoms with E-state index in [1.54, 1.807) is 25.5 Å². The third kappa shape index (κ3) is 9.86. The third-order valence-electron chi connectivity index (χ3n) is 6.71. The third-order valence-corrected chi connectivity index (χ3v) is 6.71. The van der Waals surface area contributed by atoms with Crippen LogP contribution in [-0.2, 0) is 4.79 Å². The van der Waals surface area contributed by atoms with Gasteiger partial charge in [-0.05, 0) is 56.1 Å². The number of allylic oxidation sites excluding steroid dienone is 1. The monoisotopic (exact) mass is 585 g/mol. The molecule has 3 aromatic rings. The van der Waals surface area contributed by atoms with E-state index in [9.17, 15) is 4.79 Å². The highest BCUT2D eigenvalue weighted by molar-refractivity contribution is 6.02. The molecule has 228 valence electrons. The van der Waals surface area contributed by atoms with Crippen molar-refractivity contribution in [3.05, 3.63) is 73.7 Å². The molecule has 0 aliphatic rings. The van der Waals surface area contributed by atoms with Gasteiger partial charge >= 0.3 is 0 Å². The van der Waals surface area contributed by atoms with E-state index in [-0.39, 0.29) is 5.91 Å². The van der Waals surface area contributed by atoms with Gasteiger partial charge in [0.1, 0.15) is 23.7 Å². The van der Waals surface area contributed by atoms with E-state index in [0.29, 0.717) is 28.8 Å². The summed E-state index contributed by atoms with van der Waals surface area (Å²) in [5.74, 6) is 1.38. The fraction of sp³-hybridized carbons (Fsp3) is 0.312. The number of carbonyl (C=O) groups excluding carboxylic acids is 1. The highest BCUT2D eigenvalue weighted by Gasteiger charge is 2.17. The van der Waals surface area contributed by atoms with Gasteiger partial charge in [-0.2, -0.15) is 0 Å². The minimum absolute atomic E-state index is 0.305. The molecule has 43 heavy (non-hydrogen) atoms. The van der Waals surface area contributed by atoms with E-state index < -0.39 is 0 Å². The highest BCUT2D eigenvalue weighted by Crippen LogP contribution is 2.38. The standard InChI is InChI=1S/C32H43N9O2/c1-6-9-17-41(8-3)19-18-40(4)28-21-29(43-5)27(20-26(28)39-32(42)7-2)38-31-22-30(35-23-36-31)37-25-14-11-10-13-24(25)34-16-12-15-33/h7,10-16,20-23H,2,6,8-9,17-19,33H2,1,3-5H3,(H,39,42)(H2,35,36,37,38). The Labute approximate surface area is 254 Å². The van der Waals surface area contributed by atoms with Crippen LogP contribution in [0.4, 0.5) is 40.1 Å². The van der Waals surface area contributed by atoms with Crippen molar-refractivity contribution in [1.82, 2.24) is 14.9 Å². The van der Waals surface area contributed by atoms with Gasteiger partial charge in [0.15, 0.2) is 0 Å². The number of aliphatic imine (C=N–C) groups is 1. The van der Waals surface area contributed by atoms with Gasteiger partial charge < -0.3 is 36.2 Å². The Morgan fingerprint density at radius 1 is 1.05 bits per heavy atom. The van der Waals surface area contributed by atoms with E-state index >= 15 is 0 Å². The van der Waals surface area contributed by atoms with Crippen LogP contribution >= 0.6 is 0 Å². The summed E-state index contributed by atoms with van der Waals surface area (Å²) in [6, 6.07) is 13.1. The van der Waals surface area contributed by atoms with Crippen LogP contribution in [-0.4, -0.2) is 67.3 Å². The summed E-state index contributed by atoms with van der Waals surface area (Å²) in [4.78, 5) is 30.1. The number of hydrogen-bond donors (Lipinski definition) is 4. The minimum atomic E-state index is -0.305. The van der Waals surface area contributed by atoms with Crippen molar-refractivity contribution in [3.8, 4) is 5.75 Å². The van der Waals surface area contributed by atoms with Crippen LogP contribution in [0.1, 0.15) is 26.7 Å². The van der Waals surface area contributed by atoms with Crippen LogP contribution in [0.25, 0.3) is 0 Å². The Bertz CT molecular complexity index is 1410. The van der Waals surface area contributed by atoms with E-state index in [4.69, 9.17) is 10.5 Å². The Balaban J connectivity index is 1.87. The van der Waals surface area contributed by atoms with E-state index in [0.717, 1.165) is 49.7 Å². The molecule has 1 heterocycles. The number of para-hydroxylation sites is 2. The summed E-state index contributed by atoms with van der Waals surface area (Å²) in [5, 5.41) is 9.55. The zero-order valence-electron chi connectivity index (χ0n) is 25.5. The Hall–Kier alpha value is -4.90. The molecular weight excluding hydrogens is 542 g/mol. The highest BCUT2D eigenvalue weighted by atomic mass is 16.5. The summed E-state index contributed by atoms with van der Waals surface area (Å²) >= 11 is 0. The molecule has 0 saturated carbocycles. The van der Waals surface area contributed by atoms with E-state index in [2.05, 4.69) is 61.1 Å². The number of nitrogens with one attached hydrogen (secondary N) is 3. The normalized spacial score (nSPS) is 11.2. The molecule has 0 spiro atoms. The largest absolute Gasteiger partial charge is 0.494 e. The molecule has 2 aromatic carbocycles. The molecule has 0 atom stereocenters. The summed E-state index contributed by atoms with van der Waals surface area (Å²) < 4.78 is 5.76. The number of rotatable bonds is 17. The Morgan fingerprint density at radius 3 is 2.47 bits per heavy atom. The van der Waals surface area contributed by atoms with E-state index in [1.165, 1.54) is 25.0 Å². The zero-order chi connectivity index (χ0) is 31.0. The summed E-state index contributed by atoms with van der Waals surface area (Å²) in [6.45, 7) is 11.7. The van der Waals surface area contributed by atoms with Gasteiger partial charge in [-0.25, -0.2) is 9.97 Å². The smallest absolute Gasteiger partial charge is 0.247 e. The number of anilines is 6. The molecule has 0 bridgehead atoms. The van der Waals surface area contributed by atoms with Crippen LogP contribution < -0.4 is 31.3 Å². The Kier molecular flexibility index (Phi) is 13.0. The van der Waals surface area contributed by atoms with Gasteiger partial charge in [0.05, 0.1) is 35.5 Å². The number of carbonyl (C=O) groups is 1. The fourth-order valence-electron chi connectivity index (χ4n) is 4.29. The maximum atomic E-state index is 12.4. The molecule has 3 rings (SSSR count). The van der Waals surface area contributed by atoms with Gasteiger partial charge in [0, 0.05) is 38.5 Å². The predicted molar refractivity (Wildman–Crippen MR) is 179 cm³/mol. The summed E-state index contributed by atoms with van der Waals surface area (Å²) in [5.41, 5.74) is 8.99. The van der Waals surface area contributed by atoms with Crippen molar-refractivity contribution in [2.24, 2.45) is 10.7 Å². The number of methoxy groups -OCH3 is 1. The number of likely N-dealkylation sites (N-methyl/N-ethyl adjacent to an activating group) is 2. The lowest BCUT2D eigenvalue weighted by Crippen LogP contribution is -2.34. The van der Waals surface area contributed by atoms with Crippen molar-refractivity contribution >= 4 is 52.2 Å². The lowest BCUT2D eigenvalue weighted by Gasteiger charge is -2.28. The molecule has 0 aliphatic heterocycles. The first kappa shape index (κ1) is 32.6. The molecule has 11 heteroatoms. The molecule has 0 fully saturated rings. The van der Waals surface area contributed by atoms with Crippen molar-refractivity contribution in [2.45, 2.75) is 26.7 Å². The van der Waals surface area contributed by atoms with Gasteiger partial charge in [0.25, 0.3) is 0 Å². The van der Waals surface area contributed by atoms with Gasteiger partial charge in [0.2, 0.25) is 5.91 Å². The van der Waals surface area contributed by atoms with Crippen molar-refractivity contribution in [3.63, 3.8) is 0 Å². The molecule has 0 radical (unpaired) electrons. The quantitative estimate of drug-likeness (QED) is 0.114. The van der Waals surface area contributed by atoms with Crippen molar-refractivity contribution in [2.75, 3.05) is 61.2 Å². The number of ether oxygens (including phenoxy) is 1. The van der Waals surface area contributed by atoms with Crippen LogP contribution in [0, 0.1) is 0 Å². The van der Waals surface area contributed by atoms with Crippen LogP contribution in [0.3, 0.4) is 0 Å². The zero-order valence-corrected chi connectivity index (χ0v) is 25.5. The molecule has 0 aliphatic carbocycles. The molecule has 5 N–H and O–H groups in total. The topological polar surface area (TPSA) is 133 Å². The summed E-state index contributed by atoms with van der Waals surface area (Å²) in [6.07, 6.45) is 9.73. The molecule has 0 unspecified atom stereocenters. The first-order valence-electron chi connectivity index (χ1n) is 14.4. The second-order valence-electron chi connectivity index (χ2n) is 9.69. The number of amides is 1. The summed E-state index contributed by atoms with van der Waals surface area (Å²) in [7, 11) is 3.62. The molecule has 1 amide bonds. The molecule has 11 nitrogen and oxygen atoms in total. The number of unbranched alkanes of at least 4 members (excludes halogenated alkanes) is 1. The van der Waals surface area contributed by atoms with Gasteiger partial charge in [-0.3, -0.25) is 9.79 Å². The van der Waals surface area contributed by atoms with Crippen LogP contribution in [0.5, 0.6) is 5.75 Å². The number of hydrogen-bond acceptors (Lipinski definition) is 10. The predicted octanol–water partition coefficient (Wildman–Crippen LogP) is 5.83. The second kappa shape index (κ2) is 17.1. The second-order valence-corrected chi connectivity index (χ2v) is 9.69.